The fraction of sp³-hybridized carbons (Fsp3) is 0.583. The van der Waals surface area contributed by atoms with E-state index in [0.717, 1.165) is 94.3 Å². The van der Waals surface area contributed by atoms with Crippen LogP contribution in [-0.2, 0) is 9.59 Å². The van der Waals surface area contributed by atoms with Gasteiger partial charge in [-0.2, -0.15) is 0 Å². The summed E-state index contributed by atoms with van der Waals surface area (Å²) in [5.41, 5.74) is 0.967. The molecule has 4 saturated heterocycles. The fourth-order valence-corrected chi connectivity index (χ4v) is 8.91. The Hall–Kier alpha value is -4.46. The van der Waals surface area contributed by atoms with Crippen LogP contribution in [0.3, 0.4) is 0 Å². The molecule has 1 aliphatic carbocycles. The van der Waals surface area contributed by atoms with Crippen LogP contribution >= 0.6 is 0 Å². The second-order valence-electron chi connectivity index (χ2n) is 15.0. The molecule has 6 aliphatic rings. The molecule has 1 spiro atoms. The molecule has 1 atom stereocenters. The average Bonchev–Trinajstić information content (AvgIpc) is 3.35. The van der Waals surface area contributed by atoms with Crippen molar-refractivity contribution >= 4 is 41.0 Å². The molecule has 2 aromatic rings. The summed E-state index contributed by atoms with van der Waals surface area (Å²) in [5.74, 6) is -2.36. The van der Waals surface area contributed by atoms with E-state index in [1.807, 2.05) is 4.90 Å². The summed E-state index contributed by atoms with van der Waals surface area (Å²) in [4.78, 5) is 79.6. The number of fused-ring (bicyclic) bond motifs is 1. The quantitative estimate of drug-likeness (QED) is 0.435. The van der Waals surface area contributed by atoms with Gasteiger partial charge in [-0.15, -0.1) is 0 Å². The molecule has 8 rings (SSSR count). The van der Waals surface area contributed by atoms with Crippen molar-refractivity contribution in [1.29, 1.82) is 0 Å². The number of carbonyl (C=O) groups is 5. The van der Waals surface area contributed by atoms with Crippen molar-refractivity contribution in [3.63, 3.8) is 0 Å². The molecule has 14 heteroatoms. The Labute approximate surface area is 289 Å². The van der Waals surface area contributed by atoms with E-state index < -0.39 is 35.5 Å². The normalized spacial score (nSPS) is 24.7. The number of nitrogens with one attached hydrogen (secondary N) is 2. The third-order valence-corrected chi connectivity index (χ3v) is 11.9. The monoisotopic (exact) mass is 686 g/mol. The lowest BCUT2D eigenvalue weighted by molar-refractivity contribution is -0.136. The van der Waals surface area contributed by atoms with E-state index in [2.05, 4.69) is 30.4 Å². The number of hydrogen-bond donors (Lipinski definition) is 2. The number of halogens is 1. The number of anilines is 2. The highest BCUT2D eigenvalue weighted by molar-refractivity contribution is 6.23. The number of amides is 5. The zero-order valence-electron chi connectivity index (χ0n) is 28.2. The summed E-state index contributed by atoms with van der Waals surface area (Å²) >= 11 is 0. The Kier molecular flexibility index (Phi) is 8.52. The molecule has 2 N–H and O–H groups in total. The first kappa shape index (κ1) is 32.7. The Morgan fingerprint density at radius 2 is 1.54 bits per heavy atom. The van der Waals surface area contributed by atoms with Crippen molar-refractivity contribution in [2.45, 2.75) is 88.8 Å². The smallest absolute Gasteiger partial charge is 0.271 e. The number of carbonyl (C=O) groups excluding carboxylic acids is 5. The Morgan fingerprint density at radius 1 is 0.840 bits per heavy atom. The first-order chi connectivity index (χ1) is 24.2. The summed E-state index contributed by atoms with van der Waals surface area (Å²) in [5, 5.41) is 5.29. The maximum Gasteiger partial charge on any atom is 0.271 e. The van der Waals surface area contributed by atoms with Gasteiger partial charge in [0, 0.05) is 50.1 Å². The van der Waals surface area contributed by atoms with Gasteiger partial charge in [-0.3, -0.25) is 34.2 Å². The topological polar surface area (TPSA) is 148 Å². The van der Waals surface area contributed by atoms with E-state index in [1.165, 1.54) is 12.5 Å². The van der Waals surface area contributed by atoms with Gasteiger partial charge in [0.2, 0.25) is 11.8 Å². The molecule has 264 valence electrons. The van der Waals surface area contributed by atoms with E-state index in [1.54, 1.807) is 12.4 Å². The Bertz CT molecular complexity index is 1710. The van der Waals surface area contributed by atoms with E-state index in [4.69, 9.17) is 0 Å². The zero-order chi connectivity index (χ0) is 34.6. The van der Waals surface area contributed by atoms with Gasteiger partial charge in [-0.25, -0.2) is 14.4 Å². The van der Waals surface area contributed by atoms with Crippen LogP contribution in [0.4, 0.5) is 15.9 Å². The van der Waals surface area contributed by atoms with Crippen LogP contribution in [-0.4, -0.2) is 107 Å². The molecule has 5 amide bonds. The molecule has 0 bridgehead atoms. The van der Waals surface area contributed by atoms with Crippen molar-refractivity contribution in [2.75, 3.05) is 49.1 Å². The van der Waals surface area contributed by atoms with Crippen LogP contribution in [0.5, 0.6) is 0 Å². The van der Waals surface area contributed by atoms with Crippen molar-refractivity contribution in [3.05, 3.63) is 47.2 Å². The number of hydrogen-bond acceptors (Lipinski definition) is 10. The summed E-state index contributed by atoms with van der Waals surface area (Å²) in [7, 11) is 0. The molecule has 1 unspecified atom stereocenters. The summed E-state index contributed by atoms with van der Waals surface area (Å²) in [6, 6.07) is 2.11. The lowest BCUT2D eigenvalue weighted by atomic mass is 9.71. The van der Waals surface area contributed by atoms with Gasteiger partial charge in [0.25, 0.3) is 17.7 Å². The van der Waals surface area contributed by atoms with Gasteiger partial charge < -0.3 is 20.0 Å². The summed E-state index contributed by atoms with van der Waals surface area (Å²) in [6.45, 7) is 5.13. The number of imide groups is 2. The van der Waals surface area contributed by atoms with E-state index in [0.29, 0.717) is 30.5 Å². The highest BCUT2D eigenvalue weighted by atomic mass is 19.1. The largest absolute Gasteiger partial charge is 0.369 e. The first-order valence-corrected chi connectivity index (χ1v) is 18.1. The van der Waals surface area contributed by atoms with Crippen molar-refractivity contribution in [2.24, 2.45) is 5.41 Å². The minimum absolute atomic E-state index is 0.0287. The molecule has 50 heavy (non-hydrogen) atoms. The van der Waals surface area contributed by atoms with E-state index in [-0.39, 0.29) is 41.3 Å². The van der Waals surface area contributed by atoms with Gasteiger partial charge in [0.1, 0.15) is 23.4 Å². The van der Waals surface area contributed by atoms with Crippen LogP contribution < -0.4 is 20.4 Å². The highest BCUT2D eigenvalue weighted by Crippen LogP contribution is 2.43. The van der Waals surface area contributed by atoms with Crippen LogP contribution in [0, 0.1) is 11.2 Å². The SMILES string of the molecule is O=C1CCC(N2C(=O)c3cc(F)c(N4CCC(N5CCC6(CC5)CN(c5cnc(C(=O)NC7CCCCC7)cn5)C6)CC4)cc3C2=O)C(=O)N1. The second-order valence-corrected chi connectivity index (χ2v) is 15.0. The predicted octanol–water partition coefficient (Wildman–Crippen LogP) is 2.65. The molecular formula is C36H43FN8O5. The highest BCUT2D eigenvalue weighted by Gasteiger charge is 2.47. The molecule has 5 aliphatic heterocycles. The number of benzene rings is 1. The fourth-order valence-electron chi connectivity index (χ4n) is 8.91. The number of piperidine rings is 3. The summed E-state index contributed by atoms with van der Waals surface area (Å²) in [6.07, 6.45) is 12.9. The molecule has 1 aromatic heterocycles. The third kappa shape index (κ3) is 6.01. The molecule has 1 aromatic carbocycles. The minimum Gasteiger partial charge on any atom is -0.369 e. The lowest BCUT2D eigenvalue weighted by Gasteiger charge is -2.55. The van der Waals surface area contributed by atoms with Crippen molar-refractivity contribution in [3.8, 4) is 0 Å². The van der Waals surface area contributed by atoms with Gasteiger partial charge in [0.15, 0.2) is 0 Å². The van der Waals surface area contributed by atoms with Crippen LogP contribution in [0.15, 0.2) is 24.5 Å². The first-order valence-electron chi connectivity index (χ1n) is 18.1. The second kappa shape index (κ2) is 13.0. The number of aromatic nitrogens is 2. The van der Waals surface area contributed by atoms with Crippen molar-refractivity contribution < 1.29 is 28.4 Å². The third-order valence-electron chi connectivity index (χ3n) is 11.9. The minimum atomic E-state index is -1.08. The number of rotatable bonds is 6. The molecule has 6 heterocycles. The average molecular weight is 687 g/mol. The number of nitrogens with zero attached hydrogens (tertiary/aromatic N) is 6. The molecular weight excluding hydrogens is 643 g/mol. The predicted molar refractivity (Wildman–Crippen MR) is 180 cm³/mol. The Morgan fingerprint density at radius 3 is 2.20 bits per heavy atom. The van der Waals surface area contributed by atoms with Crippen LogP contribution in [0.2, 0.25) is 0 Å². The number of likely N-dealkylation sites (tertiary alicyclic amines) is 1. The van der Waals surface area contributed by atoms with E-state index >= 15 is 4.39 Å². The van der Waals surface area contributed by atoms with Gasteiger partial charge >= 0.3 is 0 Å². The molecule has 5 fully saturated rings. The van der Waals surface area contributed by atoms with E-state index in [9.17, 15) is 24.0 Å². The van der Waals surface area contributed by atoms with Crippen LogP contribution in [0.25, 0.3) is 0 Å². The molecule has 13 nitrogen and oxygen atoms in total. The Balaban J connectivity index is 0.818. The van der Waals surface area contributed by atoms with Gasteiger partial charge in [-0.1, -0.05) is 19.3 Å². The molecule has 1 saturated carbocycles. The van der Waals surface area contributed by atoms with Gasteiger partial charge in [0.05, 0.1) is 29.2 Å². The lowest BCUT2D eigenvalue weighted by Crippen LogP contribution is -2.62. The maximum atomic E-state index is 15.4. The zero-order valence-corrected chi connectivity index (χ0v) is 28.2. The van der Waals surface area contributed by atoms with Crippen LogP contribution in [0.1, 0.15) is 102 Å². The van der Waals surface area contributed by atoms with Gasteiger partial charge in [-0.05, 0) is 70.2 Å². The maximum absolute atomic E-state index is 15.4. The standard InChI is InChI=1S/C36H43FN8O5/c37-26-16-24-25(35(50)45(34(24)49)28-6-7-31(46)41-33(28)48)17-29(26)43-12-8-23(9-13-43)42-14-10-36(11-15-42)20-44(21-36)30-19-38-27(18-39-30)32(47)40-22-4-2-1-3-5-22/h16-19,22-23,28H,1-15,20-21H2,(H,40,47)(H,41,46,48). The summed E-state index contributed by atoms with van der Waals surface area (Å²) < 4.78 is 15.4. The van der Waals surface area contributed by atoms with Crippen molar-refractivity contribution in [1.82, 2.24) is 30.4 Å². The molecule has 0 radical (unpaired) electrons.